The van der Waals surface area contributed by atoms with Crippen molar-refractivity contribution >= 4 is 17.7 Å². The number of amides is 1. The molecule has 0 aromatic carbocycles. The number of thioether (sulfide) groups is 1. The van der Waals surface area contributed by atoms with Crippen molar-refractivity contribution in [1.29, 1.82) is 0 Å². The molecule has 0 unspecified atom stereocenters. The number of nitrogens with zero attached hydrogens (tertiary/aromatic N) is 2. The van der Waals surface area contributed by atoms with Crippen molar-refractivity contribution in [3.8, 4) is 0 Å². The fourth-order valence-corrected chi connectivity index (χ4v) is 2.42. The van der Waals surface area contributed by atoms with Crippen LogP contribution in [0, 0.1) is 0 Å². The van der Waals surface area contributed by atoms with Gasteiger partial charge < -0.3 is 10.4 Å². The molecule has 7 heteroatoms. The zero-order chi connectivity index (χ0) is 12.4. The molecule has 0 bridgehead atoms. The molecule has 2 N–H and O–H groups in total. The molecular formula is C10H13N3O3S. The Hall–Kier alpha value is -1.34. The molecule has 0 fully saturated rings. The molecule has 1 atom stereocenters. The second-order valence-corrected chi connectivity index (χ2v) is 4.88. The van der Waals surface area contributed by atoms with E-state index in [9.17, 15) is 9.59 Å². The van der Waals surface area contributed by atoms with Crippen LogP contribution in [0.1, 0.15) is 17.3 Å². The molecule has 2 heterocycles. The summed E-state index contributed by atoms with van der Waals surface area (Å²) in [6.45, 7) is 2.27. The highest BCUT2D eigenvalue weighted by Crippen LogP contribution is 2.20. The van der Waals surface area contributed by atoms with E-state index in [4.69, 9.17) is 5.11 Å². The van der Waals surface area contributed by atoms with Gasteiger partial charge in [0.2, 0.25) is 0 Å². The molecule has 2 rings (SSSR count). The Labute approximate surface area is 102 Å². The molecule has 17 heavy (non-hydrogen) atoms. The van der Waals surface area contributed by atoms with Crippen LogP contribution in [0.2, 0.25) is 0 Å². The van der Waals surface area contributed by atoms with Gasteiger partial charge in [-0.05, 0) is 6.92 Å². The van der Waals surface area contributed by atoms with E-state index in [2.05, 4.69) is 10.3 Å². The number of rotatable bonds is 3. The van der Waals surface area contributed by atoms with Crippen LogP contribution in [0.4, 0.5) is 0 Å². The molecule has 92 valence electrons. The Morgan fingerprint density at radius 2 is 2.53 bits per heavy atom. The molecule has 0 saturated heterocycles. The van der Waals surface area contributed by atoms with Gasteiger partial charge in [-0.15, -0.1) is 0 Å². The Balaban J connectivity index is 2.22. The van der Waals surface area contributed by atoms with Crippen LogP contribution < -0.4 is 10.9 Å². The quantitative estimate of drug-likeness (QED) is 0.709. The average molecular weight is 255 g/mol. The summed E-state index contributed by atoms with van der Waals surface area (Å²) in [4.78, 5) is 27.7. The van der Waals surface area contributed by atoms with Crippen LogP contribution in [0.25, 0.3) is 0 Å². The highest BCUT2D eigenvalue weighted by atomic mass is 32.2. The smallest absolute Gasteiger partial charge is 0.267 e. The summed E-state index contributed by atoms with van der Waals surface area (Å²) in [6.07, 6.45) is 0.656. The van der Waals surface area contributed by atoms with Crippen molar-refractivity contribution in [2.45, 2.75) is 24.7 Å². The number of aliphatic hydroxyl groups is 1. The molecule has 1 aromatic heterocycles. The van der Waals surface area contributed by atoms with E-state index in [1.807, 2.05) is 0 Å². The molecule has 6 nitrogen and oxygen atoms in total. The van der Waals surface area contributed by atoms with Crippen LogP contribution in [0.5, 0.6) is 0 Å². The summed E-state index contributed by atoms with van der Waals surface area (Å²) in [5.74, 6) is 0.316. The molecule has 0 saturated carbocycles. The van der Waals surface area contributed by atoms with Gasteiger partial charge in [-0.2, -0.15) is 0 Å². The summed E-state index contributed by atoms with van der Waals surface area (Å²) in [6, 6.07) is 0. The Kier molecular flexibility index (Phi) is 3.49. The highest BCUT2D eigenvalue weighted by Gasteiger charge is 2.19. The van der Waals surface area contributed by atoms with E-state index in [0.717, 1.165) is 5.75 Å². The topological polar surface area (TPSA) is 84.2 Å². The maximum atomic E-state index is 11.9. The summed E-state index contributed by atoms with van der Waals surface area (Å²) >= 11 is 1.50. The van der Waals surface area contributed by atoms with Crippen LogP contribution in [-0.2, 0) is 6.54 Å². The third-order valence-corrected chi connectivity index (χ3v) is 3.33. The van der Waals surface area contributed by atoms with E-state index in [0.29, 0.717) is 11.7 Å². The van der Waals surface area contributed by atoms with E-state index in [1.165, 1.54) is 22.5 Å². The van der Waals surface area contributed by atoms with Crippen molar-refractivity contribution in [3.63, 3.8) is 0 Å². The number of hydrogen-bond acceptors (Lipinski definition) is 5. The summed E-state index contributed by atoms with van der Waals surface area (Å²) < 4.78 is 1.50. The first-order chi connectivity index (χ1) is 8.09. The maximum Gasteiger partial charge on any atom is 0.267 e. The number of hydrogen-bond donors (Lipinski definition) is 2. The van der Waals surface area contributed by atoms with Gasteiger partial charge in [-0.1, -0.05) is 11.8 Å². The normalized spacial score (nSPS) is 15.4. The first kappa shape index (κ1) is 12.1. The largest absolute Gasteiger partial charge is 0.392 e. The second-order valence-electron chi connectivity index (χ2n) is 3.82. The second kappa shape index (κ2) is 4.89. The van der Waals surface area contributed by atoms with E-state index >= 15 is 0 Å². The Morgan fingerprint density at radius 3 is 3.24 bits per heavy atom. The van der Waals surface area contributed by atoms with Crippen LogP contribution >= 0.6 is 11.8 Å². The monoisotopic (exact) mass is 255 g/mol. The lowest BCUT2D eigenvalue weighted by Crippen LogP contribution is -2.36. The summed E-state index contributed by atoms with van der Waals surface area (Å²) in [5, 5.41) is 12.2. The van der Waals surface area contributed by atoms with Gasteiger partial charge in [0.1, 0.15) is 5.56 Å². The van der Waals surface area contributed by atoms with Crippen molar-refractivity contribution in [3.05, 3.63) is 22.1 Å². The minimum atomic E-state index is -0.639. The molecule has 0 spiro atoms. The van der Waals surface area contributed by atoms with Gasteiger partial charge in [-0.25, -0.2) is 4.98 Å². The van der Waals surface area contributed by atoms with E-state index in [-0.39, 0.29) is 17.7 Å². The molecule has 0 aliphatic carbocycles. The molecule has 1 aliphatic rings. The minimum absolute atomic E-state index is 0.0249. The number of carbonyl (C=O) groups is 1. The first-order valence-corrected chi connectivity index (χ1v) is 6.27. The molecular weight excluding hydrogens is 242 g/mol. The van der Waals surface area contributed by atoms with Gasteiger partial charge in [-0.3, -0.25) is 14.2 Å². The maximum absolute atomic E-state index is 11.9. The Bertz CT molecular complexity index is 498. The van der Waals surface area contributed by atoms with E-state index < -0.39 is 12.0 Å². The molecule has 1 aromatic rings. The predicted octanol–water partition coefficient (Wildman–Crippen LogP) is -0.540. The average Bonchev–Trinajstić information content (AvgIpc) is 2.75. The SMILES string of the molecule is C[C@H](O)CNC(=O)c1cnc2n(c1=O)CCS2. The number of carbonyl (C=O) groups excluding carboxylic acids is 1. The lowest BCUT2D eigenvalue weighted by Gasteiger charge is -2.07. The number of aliphatic hydroxyl groups excluding tert-OH is 1. The summed E-state index contributed by atoms with van der Waals surface area (Å²) in [7, 11) is 0. The zero-order valence-corrected chi connectivity index (χ0v) is 10.2. The predicted molar refractivity (Wildman–Crippen MR) is 63.2 cm³/mol. The van der Waals surface area contributed by atoms with E-state index in [1.54, 1.807) is 6.92 Å². The van der Waals surface area contributed by atoms with Gasteiger partial charge >= 0.3 is 0 Å². The lowest BCUT2D eigenvalue weighted by molar-refractivity contribution is 0.0921. The van der Waals surface area contributed by atoms with Gasteiger partial charge in [0.15, 0.2) is 5.16 Å². The summed E-state index contributed by atoms with van der Waals surface area (Å²) in [5.41, 5.74) is -0.292. The third kappa shape index (κ3) is 2.50. The number of nitrogens with one attached hydrogen (secondary N) is 1. The van der Waals surface area contributed by atoms with Gasteiger partial charge in [0.05, 0.1) is 6.10 Å². The molecule has 1 amide bonds. The third-order valence-electron chi connectivity index (χ3n) is 2.36. The number of aromatic nitrogens is 2. The Morgan fingerprint density at radius 1 is 1.76 bits per heavy atom. The van der Waals surface area contributed by atoms with Crippen LogP contribution in [0.3, 0.4) is 0 Å². The van der Waals surface area contributed by atoms with Crippen molar-refractivity contribution < 1.29 is 9.90 Å². The molecule has 0 radical (unpaired) electrons. The van der Waals surface area contributed by atoms with Gasteiger partial charge in [0, 0.05) is 25.0 Å². The fourth-order valence-electron chi connectivity index (χ4n) is 1.51. The van der Waals surface area contributed by atoms with Crippen molar-refractivity contribution in [2.24, 2.45) is 0 Å². The van der Waals surface area contributed by atoms with Crippen LogP contribution in [-0.4, -0.2) is 39.0 Å². The first-order valence-electron chi connectivity index (χ1n) is 5.28. The highest BCUT2D eigenvalue weighted by molar-refractivity contribution is 7.99. The standard InChI is InChI=1S/C10H13N3O3S/c1-6(14)4-11-8(15)7-5-12-10-13(9(7)16)2-3-17-10/h5-6,14H,2-4H2,1H3,(H,11,15)/t6-/m0/s1. The zero-order valence-electron chi connectivity index (χ0n) is 9.34. The number of fused-ring (bicyclic) bond motifs is 1. The minimum Gasteiger partial charge on any atom is -0.392 e. The lowest BCUT2D eigenvalue weighted by atomic mass is 10.3. The molecule has 1 aliphatic heterocycles. The van der Waals surface area contributed by atoms with Gasteiger partial charge in [0.25, 0.3) is 11.5 Å². The van der Waals surface area contributed by atoms with Crippen molar-refractivity contribution in [1.82, 2.24) is 14.9 Å². The van der Waals surface area contributed by atoms with Crippen LogP contribution in [0.15, 0.2) is 16.1 Å². The fraction of sp³-hybridized carbons (Fsp3) is 0.500. The van der Waals surface area contributed by atoms with Crippen molar-refractivity contribution in [2.75, 3.05) is 12.3 Å².